The molecular weight excluding hydrogens is 418 g/mol. The number of carbonyl (C=O) groups excluding carboxylic acids is 2. The van der Waals surface area contributed by atoms with Crippen LogP contribution in [0.3, 0.4) is 0 Å². The number of para-hydroxylation sites is 2. The Bertz CT molecular complexity index is 1080. The maximum absolute atomic E-state index is 12.0. The van der Waals surface area contributed by atoms with Gasteiger partial charge in [0.15, 0.2) is 29.8 Å². The Morgan fingerprint density at radius 3 is 2.19 bits per heavy atom. The minimum Gasteiger partial charge on any atom is -0.493 e. The highest BCUT2D eigenvalue weighted by Gasteiger charge is 2.10. The van der Waals surface area contributed by atoms with Crippen LogP contribution in [0.2, 0.25) is 0 Å². The molecule has 3 N–H and O–H groups in total. The number of hydrogen-bond acceptors (Lipinski definition) is 6. The van der Waals surface area contributed by atoms with Crippen LogP contribution in [0.5, 0.6) is 17.2 Å². The molecule has 3 aromatic carbocycles. The monoisotopic (exact) mass is 439 g/mol. The summed E-state index contributed by atoms with van der Waals surface area (Å²) in [6.07, 6.45) is 0. The number of rotatable bonds is 7. The van der Waals surface area contributed by atoms with Gasteiger partial charge in [0, 0.05) is 5.39 Å². The predicted octanol–water partition coefficient (Wildman–Crippen LogP) is 2.33. The van der Waals surface area contributed by atoms with E-state index in [-0.39, 0.29) is 18.3 Å². The number of nitrogens with one attached hydrogen (secondary N) is 3. The van der Waals surface area contributed by atoms with E-state index < -0.39 is 11.8 Å². The molecule has 0 heterocycles. The van der Waals surface area contributed by atoms with Gasteiger partial charge in [-0.05, 0) is 35.8 Å². The molecule has 0 saturated heterocycles. The summed E-state index contributed by atoms with van der Waals surface area (Å²) in [5, 5.41) is 4.24. The van der Waals surface area contributed by atoms with Crippen molar-refractivity contribution < 1.29 is 23.8 Å². The zero-order valence-electron chi connectivity index (χ0n) is 16.7. The van der Waals surface area contributed by atoms with Gasteiger partial charge in [-0.15, -0.1) is 0 Å². The second kappa shape index (κ2) is 10.8. The standard InChI is InChI=1S/C22H21N3O5S/c1-28-18-10-4-5-11-19(18)30-13-20(26)23-22(31)25-24-21(27)14-29-17-12-6-8-15-7-2-3-9-16(15)17/h2-12H,13-14H2,1H3,(H,24,27)(H2,23,25,26,31). The second-order valence-electron chi connectivity index (χ2n) is 6.26. The van der Waals surface area contributed by atoms with Crippen molar-refractivity contribution in [3.63, 3.8) is 0 Å². The first-order valence-electron chi connectivity index (χ1n) is 9.32. The second-order valence-corrected chi connectivity index (χ2v) is 6.66. The van der Waals surface area contributed by atoms with Crippen LogP contribution in [0, 0.1) is 0 Å². The van der Waals surface area contributed by atoms with Gasteiger partial charge in [-0.25, -0.2) is 0 Å². The average molecular weight is 439 g/mol. The molecule has 0 bridgehead atoms. The highest BCUT2D eigenvalue weighted by Crippen LogP contribution is 2.26. The van der Waals surface area contributed by atoms with Gasteiger partial charge in [0.05, 0.1) is 7.11 Å². The number of methoxy groups -OCH3 is 1. The fourth-order valence-corrected chi connectivity index (χ4v) is 2.87. The Hall–Kier alpha value is -3.85. The predicted molar refractivity (Wildman–Crippen MR) is 120 cm³/mol. The summed E-state index contributed by atoms with van der Waals surface area (Å²) < 4.78 is 16.1. The smallest absolute Gasteiger partial charge is 0.276 e. The molecule has 31 heavy (non-hydrogen) atoms. The van der Waals surface area contributed by atoms with E-state index in [1.807, 2.05) is 36.4 Å². The molecule has 0 radical (unpaired) electrons. The van der Waals surface area contributed by atoms with Crippen molar-refractivity contribution in [1.29, 1.82) is 0 Å². The van der Waals surface area contributed by atoms with Crippen LogP contribution < -0.4 is 30.4 Å². The number of amides is 2. The first kappa shape index (κ1) is 21.8. The van der Waals surface area contributed by atoms with Crippen LogP contribution in [0.15, 0.2) is 66.7 Å². The van der Waals surface area contributed by atoms with Crippen LogP contribution >= 0.6 is 12.2 Å². The van der Waals surface area contributed by atoms with Gasteiger partial charge >= 0.3 is 0 Å². The van der Waals surface area contributed by atoms with Gasteiger partial charge in [0.2, 0.25) is 0 Å². The molecule has 2 amide bonds. The molecule has 0 spiro atoms. The van der Waals surface area contributed by atoms with Crippen molar-refractivity contribution in [2.24, 2.45) is 0 Å². The lowest BCUT2D eigenvalue weighted by Crippen LogP contribution is -2.50. The number of thiocarbonyl (C=S) groups is 1. The van der Waals surface area contributed by atoms with Crippen molar-refractivity contribution in [2.45, 2.75) is 0 Å². The highest BCUT2D eigenvalue weighted by molar-refractivity contribution is 7.80. The number of ether oxygens (including phenoxy) is 3. The molecule has 0 aliphatic heterocycles. The zero-order chi connectivity index (χ0) is 22.1. The topological polar surface area (TPSA) is 97.9 Å². The van der Waals surface area contributed by atoms with E-state index in [4.69, 9.17) is 26.4 Å². The van der Waals surface area contributed by atoms with Crippen LogP contribution in [0.25, 0.3) is 10.8 Å². The fourth-order valence-electron chi connectivity index (χ4n) is 2.70. The largest absolute Gasteiger partial charge is 0.493 e. The van der Waals surface area contributed by atoms with E-state index in [0.717, 1.165) is 10.8 Å². The van der Waals surface area contributed by atoms with Gasteiger partial charge in [-0.3, -0.25) is 25.8 Å². The molecule has 0 aliphatic carbocycles. The van der Waals surface area contributed by atoms with Crippen LogP contribution in [0.4, 0.5) is 0 Å². The molecule has 0 atom stereocenters. The summed E-state index contributed by atoms with van der Waals surface area (Å²) in [5.74, 6) is 0.574. The first-order chi connectivity index (χ1) is 15.1. The molecule has 0 aromatic heterocycles. The van der Waals surface area contributed by atoms with Gasteiger partial charge in [-0.1, -0.05) is 48.5 Å². The molecule has 0 saturated carbocycles. The summed E-state index contributed by atoms with van der Waals surface area (Å²) in [7, 11) is 1.51. The zero-order valence-corrected chi connectivity index (χ0v) is 17.5. The molecule has 0 aliphatic rings. The molecule has 160 valence electrons. The van der Waals surface area contributed by atoms with E-state index in [0.29, 0.717) is 17.2 Å². The number of hydrogen-bond donors (Lipinski definition) is 3. The van der Waals surface area contributed by atoms with Crippen molar-refractivity contribution in [3.8, 4) is 17.2 Å². The molecule has 3 rings (SSSR count). The van der Waals surface area contributed by atoms with Crippen LogP contribution in [-0.2, 0) is 9.59 Å². The molecule has 9 heteroatoms. The maximum Gasteiger partial charge on any atom is 0.276 e. The van der Waals surface area contributed by atoms with Gasteiger partial charge in [-0.2, -0.15) is 0 Å². The molecule has 8 nitrogen and oxygen atoms in total. The van der Waals surface area contributed by atoms with Crippen LogP contribution in [-0.4, -0.2) is 37.3 Å². The SMILES string of the molecule is COc1ccccc1OCC(=O)NC(=S)NNC(=O)COc1cccc2ccccc12. The van der Waals surface area contributed by atoms with Gasteiger partial charge in [0.25, 0.3) is 11.8 Å². The Morgan fingerprint density at radius 1 is 0.774 bits per heavy atom. The Kier molecular flexibility index (Phi) is 7.61. The normalized spacial score (nSPS) is 10.1. The maximum atomic E-state index is 12.0. The van der Waals surface area contributed by atoms with Gasteiger partial charge < -0.3 is 14.2 Å². The van der Waals surface area contributed by atoms with Crippen LogP contribution in [0.1, 0.15) is 0 Å². The molecular formula is C22H21N3O5S. The van der Waals surface area contributed by atoms with Crippen molar-refractivity contribution in [1.82, 2.24) is 16.2 Å². The van der Waals surface area contributed by atoms with Crippen molar-refractivity contribution >= 4 is 39.9 Å². The van der Waals surface area contributed by atoms with E-state index in [1.165, 1.54) is 7.11 Å². The van der Waals surface area contributed by atoms with E-state index in [2.05, 4.69) is 16.2 Å². The first-order valence-corrected chi connectivity index (χ1v) is 9.72. The third-order valence-corrected chi connectivity index (χ3v) is 4.31. The lowest BCUT2D eigenvalue weighted by Gasteiger charge is -2.13. The van der Waals surface area contributed by atoms with Gasteiger partial charge in [0.1, 0.15) is 5.75 Å². The molecule has 0 fully saturated rings. The Labute approximate surface area is 184 Å². The summed E-state index contributed by atoms with van der Waals surface area (Å²) in [4.78, 5) is 24.0. The number of carbonyl (C=O) groups is 2. The van der Waals surface area contributed by atoms with Crippen molar-refractivity contribution in [2.75, 3.05) is 20.3 Å². The molecule has 0 unspecified atom stereocenters. The summed E-state index contributed by atoms with van der Waals surface area (Å²) in [6.45, 7) is -0.505. The number of hydrazine groups is 1. The average Bonchev–Trinajstić information content (AvgIpc) is 2.80. The van der Waals surface area contributed by atoms with E-state index >= 15 is 0 Å². The third-order valence-electron chi connectivity index (χ3n) is 4.10. The molecule has 3 aromatic rings. The Morgan fingerprint density at radius 2 is 1.39 bits per heavy atom. The summed E-state index contributed by atoms with van der Waals surface area (Å²) in [6, 6.07) is 20.3. The quantitative estimate of drug-likeness (QED) is 0.384. The lowest BCUT2D eigenvalue weighted by molar-refractivity contribution is -0.124. The highest BCUT2D eigenvalue weighted by atomic mass is 32.1. The lowest BCUT2D eigenvalue weighted by atomic mass is 10.1. The fraction of sp³-hybridized carbons (Fsp3) is 0.136. The van der Waals surface area contributed by atoms with E-state index in [9.17, 15) is 9.59 Å². The minimum atomic E-state index is -0.496. The summed E-state index contributed by atoms with van der Waals surface area (Å²) >= 11 is 4.99. The Balaban J connectivity index is 1.39. The minimum absolute atomic E-state index is 0.0767. The van der Waals surface area contributed by atoms with E-state index in [1.54, 1.807) is 30.3 Å². The number of benzene rings is 3. The number of fused-ring (bicyclic) bond motifs is 1. The third kappa shape index (κ3) is 6.31. The summed E-state index contributed by atoms with van der Waals surface area (Å²) in [5.41, 5.74) is 4.81. The van der Waals surface area contributed by atoms with Crippen molar-refractivity contribution in [3.05, 3.63) is 66.7 Å².